The number of nitrogens with one attached hydrogen (secondary N) is 1. The Kier molecular flexibility index (Phi) is 6.90. The predicted molar refractivity (Wildman–Crippen MR) is 153 cm³/mol. The highest BCUT2D eigenvalue weighted by Gasteiger charge is 2.54. The molecule has 6 rings (SSSR count). The Morgan fingerprint density at radius 1 is 1.15 bits per heavy atom. The summed E-state index contributed by atoms with van der Waals surface area (Å²) in [5.41, 5.74) is 4.01. The number of alkyl halides is 1. The molecule has 4 heterocycles. The van der Waals surface area contributed by atoms with Crippen molar-refractivity contribution < 1.29 is 22.3 Å². The lowest BCUT2D eigenvalue weighted by molar-refractivity contribution is -0.125. The monoisotopic (exact) mass is 567 g/mol. The van der Waals surface area contributed by atoms with E-state index < -0.39 is 21.6 Å². The van der Waals surface area contributed by atoms with Crippen LogP contribution in [0.2, 0.25) is 0 Å². The summed E-state index contributed by atoms with van der Waals surface area (Å²) in [6.07, 6.45) is 8.58. The number of halogens is 1. The maximum atomic E-state index is 13.7. The van der Waals surface area contributed by atoms with Crippen LogP contribution in [0.4, 0.5) is 15.8 Å². The molecule has 2 fully saturated rings. The number of aromatic nitrogens is 2. The Morgan fingerprint density at radius 3 is 2.70 bits per heavy atom. The zero-order chi connectivity index (χ0) is 28.1. The number of nitrogens with zero attached hydrogens (tertiary/aromatic N) is 4. The minimum Gasteiger partial charge on any atom is -0.476 e. The van der Waals surface area contributed by atoms with Gasteiger partial charge in [0.2, 0.25) is 21.8 Å². The molecule has 1 aromatic carbocycles. The third-order valence-corrected chi connectivity index (χ3v) is 8.98. The highest BCUT2D eigenvalue weighted by molar-refractivity contribution is 7.92. The lowest BCUT2D eigenvalue weighted by Gasteiger charge is -2.37. The SMILES string of the molecule is CN1C(=O)C2(CCC2)c2c1cnc1ccc(-c3cnc(OCCCN4CCCC(F)C4)c(NS(C)(=O)=O)c3)cc21. The van der Waals surface area contributed by atoms with E-state index >= 15 is 0 Å². The molecule has 1 saturated heterocycles. The third-order valence-electron chi connectivity index (χ3n) is 8.39. The van der Waals surface area contributed by atoms with E-state index in [0.29, 0.717) is 38.1 Å². The zero-order valence-electron chi connectivity index (χ0n) is 22.8. The Hall–Kier alpha value is -3.31. The summed E-state index contributed by atoms with van der Waals surface area (Å²) >= 11 is 0. The molecule has 11 heteroatoms. The van der Waals surface area contributed by atoms with E-state index in [9.17, 15) is 17.6 Å². The van der Waals surface area contributed by atoms with Crippen molar-refractivity contribution in [2.75, 3.05) is 49.2 Å². The number of likely N-dealkylation sites (N-methyl/N-ethyl adjacent to an activating group) is 1. The average molecular weight is 568 g/mol. The van der Waals surface area contributed by atoms with E-state index in [4.69, 9.17) is 4.74 Å². The number of piperidine rings is 1. The van der Waals surface area contributed by atoms with Crippen LogP contribution < -0.4 is 14.4 Å². The molecule has 1 saturated carbocycles. The van der Waals surface area contributed by atoms with Gasteiger partial charge in [-0.3, -0.25) is 14.5 Å². The molecule has 1 N–H and O–H groups in total. The number of rotatable bonds is 8. The number of pyridine rings is 2. The molecule has 3 aliphatic rings. The lowest BCUT2D eigenvalue weighted by atomic mass is 9.64. The number of sulfonamides is 1. The number of fused-ring (bicyclic) bond motifs is 4. The van der Waals surface area contributed by atoms with E-state index in [1.807, 2.05) is 25.2 Å². The number of amides is 1. The van der Waals surface area contributed by atoms with Crippen LogP contribution in [-0.2, 0) is 20.2 Å². The number of carbonyl (C=O) groups excluding carboxylic acids is 1. The van der Waals surface area contributed by atoms with E-state index in [0.717, 1.165) is 66.2 Å². The first-order valence-electron chi connectivity index (χ1n) is 13.8. The Labute approximate surface area is 233 Å². The third kappa shape index (κ3) is 4.89. The maximum Gasteiger partial charge on any atom is 0.238 e. The van der Waals surface area contributed by atoms with Crippen molar-refractivity contribution in [1.29, 1.82) is 0 Å². The number of ether oxygens (including phenoxy) is 1. The van der Waals surface area contributed by atoms with Crippen molar-refractivity contribution in [2.45, 2.75) is 50.1 Å². The largest absolute Gasteiger partial charge is 0.476 e. The van der Waals surface area contributed by atoms with Gasteiger partial charge in [-0.1, -0.05) is 12.5 Å². The molecule has 1 amide bonds. The number of hydrogen-bond acceptors (Lipinski definition) is 7. The number of likely N-dealkylation sites (tertiary alicyclic amines) is 1. The van der Waals surface area contributed by atoms with Crippen molar-refractivity contribution in [3.63, 3.8) is 0 Å². The number of benzene rings is 1. The Bertz CT molecular complexity index is 1580. The molecule has 0 bridgehead atoms. The van der Waals surface area contributed by atoms with Crippen LogP contribution >= 0.6 is 0 Å². The van der Waals surface area contributed by atoms with E-state index in [2.05, 4.69) is 19.6 Å². The van der Waals surface area contributed by atoms with Crippen LogP contribution in [0.3, 0.4) is 0 Å². The quantitative estimate of drug-likeness (QED) is 0.406. The predicted octanol–water partition coefficient (Wildman–Crippen LogP) is 4.27. The lowest BCUT2D eigenvalue weighted by Crippen LogP contribution is -2.43. The average Bonchev–Trinajstić information content (AvgIpc) is 3.13. The minimum atomic E-state index is -3.59. The van der Waals surface area contributed by atoms with Gasteiger partial charge in [0.05, 0.1) is 35.7 Å². The van der Waals surface area contributed by atoms with Crippen molar-refractivity contribution >= 4 is 38.2 Å². The van der Waals surface area contributed by atoms with Gasteiger partial charge in [0.1, 0.15) is 11.9 Å². The van der Waals surface area contributed by atoms with Gasteiger partial charge < -0.3 is 14.5 Å². The molecule has 9 nitrogen and oxygen atoms in total. The standard InChI is InChI=1S/C29H34FN5O4S/c1-34-25-17-31-23-8-7-19(14-22(23)26(25)29(28(34)36)9-4-10-29)20-15-24(33-40(2,37)38)27(32-16-20)39-13-5-12-35-11-3-6-21(30)18-35/h7-8,14-17,21,33H,3-6,9-13,18H2,1-2H3. The van der Waals surface area contributed by atoms with Crippen LogP contribution in [0, 0.1) is 0 Å². The second-order valence-corrected chi connectivity index (χ2v) is 13.0. The molecule has 2 aliphatic heterocycles. The van der Waals surface area contributed by atoms with Crippen LogP contribution in [0.25, 0.3) is 22.0 Å². The highest BCUT2D eigenvalue weighted by atomic mass is 32.2. The van der Waals surface area contributed by atoms with Gasteiger partial charge in [-0.15, -0.1) is 0 Å². The van der Waals surface area contributed by atoms with Gasteiger partial charge in [0.25, 0.3) is 0 Å². The fourth-order valence-electron chi connectivity index (χ4n) is 6.31. The normalized spacial score (nSPS) is 20.5. The number of anilines is 2. The molecular formula is C29H34FN5O4S. The van der Waals surface area contributed by atoms with Crippen LogP contribution in [0.15, 0.2) is 36.7 Å². The van der Waals surface area contributed by atoms with Crippen LogP contribution in [0.1, 0.15) is 44.1 Å². The smallest absolute Gasteiger partial charge is 0.238 e. The number of hydrogen-bond donors (Lipinski definition) is 1. The highest BCUT2D eigenvalue weighted by Crippen LogP contribution is 2.55. The summed E-state index contributed by atoms with van der Waals surface area (Å²) in [6.45, 7) is 2.37. The molecule has 1 unspecified atom stereocenters. The maximum absolute atomic E-state index is 13.7. The van der Waals surface area contributed by atoms with E-state index in [1.54, 1.807) is 23.4 Å². The first-order valence-corrected chi connectivity index (χ1v) is 15.7. The summed E-state index contributed by atoms with van der Waals surface area (Å²) in [7, 11) is -1.78. The summed E-state index contributed by atoms with van der Waals surface area (Å²) in [4.78, 5) is 26.1. The molecule has 212 valence electrons. The van der Waals surface area contributed by atoms with E-state index in [-0.39, 0.29) is 17.5 Å². The fraction of sp³-hybridized carbons (Fsp3) is 0.483. The Morgan fingerprint density at radius 2 is 1.98 bits per heavy atom. The summed E-state index contributed by atoms with van der Waals surface area (Å²) in [5, 5.41) is 0.929. The summed E-state index contributed by atoms with van der Waals surface area (Å²) in [5.74, 6) is 0.321. The fourth-order valence-corrected chi connectivity index (χ4v) is 6.85. The van der Waals surface area contributed by atoms with Crippen LogP contribution in [-0.4, -0.2) is 74.9 Å². The van der Waals surface area contributed by atoms with Crippen molar-refractivity contribution in [2.24, 2.45) is 0 Å². The first-order chi connectivity index (χ1) is 19.1. The summed E-state index contributed by atoms with van der Waals surface area (Å²) < 4.78 is 46.4. The van der Waals surface area contributed by atoms with Gasteiger partial charge in [0.15, 0.2) is 0 Å². The van der Waals surface area contributed by atoms with Crippen LogP contribution in [0.5, 0.6) is 5.88 Å². The van der Waals surface area contributed by atoms with Crippen molar-refractivity contribution in [3.8, 4) is 17.0 Å². The van der Waals surface area contributed by atoms with Crippen molar-refractivity contribution in [1.82, 2.24) is 14.9 Å². The van der Waals surface area contributed by atoms with Crippen molar-refractivity contribution in [3.05, 3.63) is 42.2 Å². The molecule has 1 aliphatic carbocycles. The topological polar surface area (TPSA) is 105 Å². The molecule has 3 aromatic rings. The molecule has 0 radical (unpaired) electrons. The van der Waals surface area contributed by atoms with Gasteiger partial charge >= 0.3 is 0 Å². The summed E-state index contributed by atoms with van der Waals surface area (Å²) in [6, 6.07) is 7.59. The molecule has 40 heavy (non-hydrogen) atoms. The van der Waals surface area contributed by atoms with Gasteiger partial charge in [-0.2, -0.15) is 0 Å². The van der Waals surface area contributed by atoms with Gasteiger partial charge in [-0.05, 0) is 62.4 Å². The molecular weight excluding hydrogens is 533 g/mol. The van der Waals surface area contributed by atoms with Gasteiger partial charge in [-0.25, -0.2) is 17.8 Å². The van der Waals surface area contributed by atoms with Gasteiger partial charge in [0, 0.05) is 42.8 Å². The zero-order valence-corrected chi connectivity index (χ0v) is 23.6. The first kappa shape index (κ1) is 26.9. The second-order valence-electron chi connectivity index (χ2n) is 11.2. The Balaban J connectivity index is 1.28. The molecule has 2 aromatic heterocycles. The molecule has 1 spiro atoms. The second kappa shape index (κ2) is 10.3. The minimum absolute atomic E-state index is 0.126. The number of carbonyl (C=O) groups is 1. The molecule has 1 atom stereocenters. The van der Waals surface area contributed by atoms with E-state index in [1.165, 1.54) is 0 Å².